The summed E-state index contributed by atoms with van der Waals surface area (Å²) >= 11 is 0. The van der Waals surface area contributed by atoms with E-state index in [1.807, 2.05) is 12.1 Å². The Bertz CT molecular complexity index is 448. The Kier molecular flexibility index (Phi) is 2.48. The first-order chi connectivity index (χ1) is 8.24. The van der Waals surface area contributed by atoms with Gasteiger partial charge in [-0.15, -0.1) is 0 Å². The molecule has 0 bridgehead atoms. The minimum absolute atomic E-state index is 0.0333. The monoisotopic (exact) mass is 232 g/mol. The van der Waals surface area contributed by atoms with E-state index in [4.69, 9.17) is 5.73 Å². The highest BCUT2D eigenvalue weighted by Gasteiger charge is 2.33. The first-order valence-corrected chi connectivity index (χ1v) is 6.01. The molecule has 17 heavy (non-hydrogen) atoms. The Morgan fingerprint density at radius 2 is 2.35 bits per heavy atom. The normalized spacial score (nSPS) is 27.8. The second-order valence-electron chi connectivity index (χ2n) is 4.78. The molecule has 0 aromatic carbocycles. The average Bonchev–Trinajstić information content (AvgIpc) is 2.74. The zero-order chi connectivity index (χ0) is 11.8. The van der Waals surface area contributed by atoms with Crippen LogP contribution in [-0.4, -0.2) is 29.5 Å². The van der Waals surface area contributed by atoms with E-state index in [1.165, 1.54) is 0 Å². The standard InChI is InChI=1S/C12H16N4O/c13-8-3-4-9(6-8)16-7-11(17)15-10-2-1-5-14-12(10)16/h1-2,5,8-9H,3-4,6-7,13H2,(H,15,17). The Labute approximate surface area is 100 Å². The largest absolute Gasteiger partial charge is 0.343 e. The minimum Gasteiger partial charge on any atom is -0.343 e. The highest BCUT2D eigenvalue weighted by atomic mass is 16.2. The molecule has 2 unspecified atom stereocenters. The molecule has 2 heterocycles. The summed E-state index contributed by atoms with van der Waals surface area (Å²) in [7, 11) is 0. The van der Waals surface area contributed by atoms with Crippen LogP contribution in [0.4, 0.5) is 11.5 Å². The van der Waals surface area contributed by atoms with Gasteiger partial charge in [0.25, 0.3) is 0 Å². The summed E-state index contributed by atoms with van der Waals surface area (Å²) in [6, 6.07) is 4.34. The van der Waals surface area contributed by atoms with Crippen LogP contribution in [0.3, 0.4) is 0 Å². The average molecular weight is 232 g/mol. The van der Waals surface area contributed by atoms with Crippen molar-refractivity contribution in [2.45, 2.75) is 31.3 Å². The number of nitrogens with zero attached hydrogens (tertiary/aromatic N) is 2. The summed E-state index contributed by atoms with van der Waals surface area (Å²) in [4.78, 5) is 18.1. The lowest BCUT2D eigenvalue weighted by Gasteiger charge is -2.34. The number of aromatic nitrogens is 1. The lowest BCUT2D eigenvalue weighted by Crippen LogP contribution is -2.44. The van der Waals surface area contributed by atoms with E-state index in [0.717, 1.165) is 30.8 Å². The summed E-state index contributed by atoms with van der Waals surface area (Å²) in [5, 5.41) is 2.85. The number of carbonyl (C=O) groups is 1. The Balaban J connectivity index is 1.92. The topological polar surface area (TPSA) is 71.2 Å². The van der Waals surface area contributed by atoms with Gasteiger partial charge in [-0.1, -0.05) is 0 Å². The molecule has 0 spiro atoms. The lowest BCUT2D eigenvalue weighted by molar-refractivity contribution is -0.115. The zero-order valence-corrected chi connectivity index (χ0v) is 9.60. The van der Waals surface area contributed by atoms with E-state index in [9.17, 15) is 4.79 Å². The second kappa shape index (κ2) is 4.00. The van der Waals surface area contributed by atoms with Crippen LogP contribution in [-0.2, 0) is 4.79 Å². The molecule has 1 fully saturated rings. The summed E-state index contributed by atoms with van der Waals surface area (Å²) in [6.07, 6.45) is 4.79. The maximum atomic E-state index is 11.7. The van der Waals surface area contributed by atoms with E-state index >= 15 is 0 Å². The van der Waals surface area contributed by atoms with Crippen molar-refractivity contribution in [3.05, 3.63) is 18.3 Å². The number of rotatable bonds is 1. The number of anilines is 2. The number of nitrogens with one attached hydrogen (secondary N) is 1. The molecule has 5 heteroatoms. The first-order valence-electron chi connectivity index (χ1n) is 6.01. The maximum Gasteiger partial charge on any atom is 0.244 e. The minimum atomic E-state index is 0.0333. The fraction of sp³-hybridized carbons (Fsp3) is 0.500. The van der Waals surface area contributed by atoms with E-state index in [1.54, 1.807) is 6.20 Å². The number of hydrogen-bond donors (Lipinski definition) is 2. The molecule has 1 amide bonds. The third-order valence-electron chi connectivity index (χ3n) is 3.53. The van der Waals surface area contributed by atoms with E-state index in [-0.39, 0.29) is 11.9 Å². The van der Waals surface area contributed by atoms with Crippen LogP contribution >= 0.6 is 0 Å². The molecule has 90 valence electrons. The Morgan fingerprint density at radius 1 is 1.47 bits per heavy atom. The Morgan fingerprint density at radius 3 is 3.12 bits per heavy atom. The van der Waals surface area contributed by atoms with Crippen molar-refractivity contribution >= 4 is 17.4 Å². The van der Waals surface area contributed by atoms with Crippen LogP contribution in [0, 0.1) is 0 Å². The smallest absolute Gasteiger partial charge is 0.244 e. The van der Waals surface area contributed by atoms with Gasteiger partial charge in [0.2, 0.25) is 5.91 Å². The van der Waals surface area contributed by atoms with Crippen molar-refractivity contribution in [2.24, 2.45) is 5.73 Å². The highest BCUT2D eigenvalue weighted by molar-refractivity contribution is 6.00. The molecule has 0 saturated heterocycles. The quantitative estimate of drug-likeness (QED) is 0.748. The molecule has 3 rings (SSSR count). The van der Waals surface area contributed by atoms with Crippen molar-refractivity contribution in [3.63, 3.8) is 0 Å². The van der Waals surface area contributed by atoms with Crippen molar-refractivity contribution in [1.29, 1.82) is 0 Å². The van der Waals surface area contributed by atoms with Gasteiger partial charge in [0, 0.05) is 18.3 Å². The van der Waals surface area contributed by atoms with Crippen molar-refractivity contribution < 1.29 is 4.79 Å². The second-order valence-corrected chi connectivity index (χ2v) is 4.78. The molecule has 1 aromatic rings. The number of hydrogen-bond acceptors (Lipinski definition) is 4. The van der Waals surface area contributed by atoms with Gasteiger partial charge < -0.3 is 16.0 Å². The van der Waals surface area contributed by atoms with Crippen LogP contribution in [0.25, 0.3) is 0 Å². The summed E-state index contributed by atoms with van der Waals surface area (Å²) < 4.78 is 0. The molecule has 3 N–H and O–H groups in total. The fourth-order valence-corrected chi connectivity index (χ4v) is 2.72. The van der Waals surface area contributed by atoms with Crippen LogP contribution < -0.4 is 16.0 Å². The number of carbonyl (C=O) groups excluding carboxylic acids is 1. The predicted molar refractivity (Wildman–Crippen MR) is 65.8 cm³/mol. The van der Waals surface area contributed by atoms with Crippen LogP contribution in [0.5, 0.6) is 0 Å². The fourth-order valence-electron chi connectivity index (χ4n) is 2.72. The number of fused-ring (bicyclic) bond motifs is 1. The van der Waals surface area contributed by atoms with Gasteiger partial charge in [-0.3, -0.25) is 4.79 Å². The summed E-state index contributed by atoms with van der Waals surface area (Å²) in [5.41, 5.74) is 6.75. The van der Waals surface area contributed by atoms with Crippen molar-refractivity contribution in [1.82, 2.24) is 4.98 Å². The van der Waals surface area contributed by atoms with Crippen LogP contribution in [0.15, 0.2) is 18.3 Å². The molecular formula is C12H16N4O. The van der Waals surface area contributed by atoms with Crippen LogP contribution in [0.1, 0.15) is 19.3 Å². The molecule has 1 aliphatic carbocycles. The van der Waals surface area contributed by atoms with Crippen molar-refractivity contribution in [2.75, 3.05) is 16.8 Å². The summed E-state index contributed by atoms with van der Waals surface area (Å²) in [5.74, 6) is 0.914. The summed E-state index contributed by atoms with van der Waals surface area (Å²) in [6.45, 7) is 0.390. The SMILES string of the molecule is NC1CCC(N2CC(=O)Nc3cccnc32)C1. The van der Waals surface area contributed by atoms with E-state index in [2.05, 4.69) is 15.2 Å². The predicted octanol–water partition coefficient (Wildman–Crippen LogP) is 0.720. The highest BCUT2D eigenvalue weighted by Crippen LogP contribution is 2.33. The molecule has 5 nitrogen and oxygen atoms in total. The molecule has 0 radical (unpaired) electrons. The van der Waals surface area contributed by atoms with Gasteiger partial charge in [-0.05, 0) is 31.4 Å². The van der Waals surface area contributed by atoms with Gasteiger partial charge in [0.15, 0.2) is 5.82 Å². The van der Waals surface area contributed by atoms with Gasteiger partial charge in [0.1, 0.15) is 0 Å². The van der Waals surface area contributed by atoms with Gasteiger partial charge in [-0.25, -0.2) is 4.98 Å². The third-order valence-corrected chi connectivity index (χ3v) is 3.53. The first kappa shape index (κ1) is 10.5. The molecule has 2 aliphatic rings. The third kappa shape index (κ3) is 1.86. The van der Waals surface area contributed by atoms with E-state index < -0.39 is 0 Å². The molecular weight excluding hydrogens is 216 g/mol. The maximum absolute atomic E-state index is 11.7. The number of pyridine rings is 1. The molecule has 1 aliphatic heterocycles. The van der Waals surface area contributed by atoms with Crippen LogP contribution in [0.2, 0.25) is 0 Å². The van der Waals surface area contributed by atoms with Gasteiger partial charge in [0.05, 0.1) is 12.2 Å². The van der Waals surface area contributed by atoms with Gasteiger partial charge >= 0.3 is 0 Å². The lowest BCUT2D eigenvalue weighted by atomic mass is 10.1. The molecule has 1 aromatic heterocycles. The van der Waals surface area contributed by atoms with Crippen molar-refractivity contribution in [3.8, 4) is 0 Å². The molecule has 1 saturated carbocycles. The van der Waals surface area contributed by atoms with E-state index in [0.29, 0.717) is 12.6 Å². The van der Waals surface area contributed by atoms with Gasteiger partial charge in [-0.2, -0.15) is 0 Å². The zero-order valence-electron chi connectivity index (χ0n) is 9.60. The number of amides is 1. The molecule has 2 atom stereocenters. The number of nitrogens with two attached hydrogens (primary N) is 1. The Hall–Kier alpha value is -1.62.